The highest BCUT2D eigenvalue weighted by Gasteiger charge is 2.18. The van der Waals surface area contributed by atoms with Crippen molar-refractivity contribution in [2.75, 3.05) is 0 Å². The lowest BCUT2D eigenvalue weighted by Crippen LogP contribution is -2.92. The van der Waals surface area contributed by atoms with Crippen molar-refractivity contribution in [3.05, 3.63) is 35.4 Å². The summed E-state index contributed by atoms with van der Waals surface area (Å²) in [4.78, 5) is 10.8. The Balaban J connectivity index is 2.76. The molecule has 0 fully saturated rings. The summed E-state index contributed by atoms with van der Waals surface area (Å²) >= 11 is 0. The van der Waals surface area contributed by atoms with E-state index in [4.69, 9.17) is 5.73 Å². The molecular formula is C11H15F2N2O+. The van der Waals surface area contributed by atoms with Gasteiger partial charge in [-0.2, -0.15) is 0 Å². The first-order valence-electron chi connectivity index (χ1n) is 5.01. The maximum Gasteiger partial charge on any atom is 0.275 e. The van der Waals surface area contributed by atoms with E-state index < -0.39 is 23.6 Å². The first-order valence-corrected chi connectivity index (χ1v) is 5.01. The molecule has 0 saturated carbocycles. The summed E-state index contributed by atoms with van der Waals surface area (Å²) in [5.41, 5.74) is 5.73. The summed E-state index contributed by atoms with van der Waals surface area (Å²) in [5, 5.41) is 1.70. The first kappa shape index (κ1) is 12.6. The fourth-order valence-electron chi connectivity index (χ4n) is 1.43. The van der Waals surface area contributed by atoms with Crippen molar-refractivity contribution >= 4 is 5.91 Å². The Hall–Kier alpha value is -1.49. The van der Waals surface area contributed by atoms with Crippen LogP contribution in [0.15, 0.2) is 18.2 Å². The molecule has 0 bridgehead atoms. The molecule has 1 aromatic carbocycles. The Bertz CT molecular complexity index is 396. The second kappa shape index (κ2) is 5.03. The minimum atomic E-state index is -0.885. The van der Waals surface area contributed by atoms with Gasteiger partial charge in [0, 0.05) is 5.56 Å². The van der Waals surface area contributed by atoms with Crippen LogP contribution >= 0.6 is 0 Å². The van der Waals surface area contributed by atoms with Crippen LogP contribution in [0.2, 0.25) is 0 Å². The molecule has 3 nitrogen and oxygen atoms in total. The highest BCUT2D eigenvalue weighted by atomic mass is 19.2. The molecule has 5 heteroatoms. The zero-order chi connectivity index (χ0) is 12.3. The van der Waals surface area contributed by atoms with Crippen molar-refractivity contribution in [3.63, 3.8) is 0 Å². The molecule has 0 spiro atoms. The predicted octanol–water partition coefficient (Wildman–Crippen LogP) is 0.463. The van der Waals surface area contributed by atoms with Crippen molar-refractivity contribution in [2.45, 2.75) is 25.9 Å². The topological polar surface area (TPSA) is 59.7 Å². The van der Waals surface area contributed by atoms with Gasteiger partial charge in [-0.15, -0.1) is 0 Å². The normalized spacial score (nSPS) is 14.5. The van der Waals surface area contributed by atoms with Gasteiger partial charge >= 0.3 is 0 Å². The SMILES string of the molecule is C[C@@H]([NH2+][C@H](C)c1ccc(F)c(F)c1)C(N)=O. The van der Waals surface area contributed by atoms with Crippen LogP contribution in [0.5, 0.6) is 0 Å². The molecule has 1 amide bonds. The van der Waals surface area contributed by atoms with E-state index in [0.29, 0.717) is 5.56 Å². The third kappa shape index (κ3) is 3.00. The molecule has 0 aliphatic heterocycles. The average Bonchev–Trinajstić information content (AvgIpc) is 2.21. The van der Waals surface area contributed by atoms with Crippen molar-refractivity contribution in [2.24, 2.45) is 5.73 Å². The molecule has 0 saturated heterocycles. The van der Waals surface area contributed by atoms with Crippen LogP contribution in [-0.2, 0) is 4.79 Å². The second-order valence-corrected chi connectivity index (χ2v) is 3.85. The highest BCUT2D eigenvalue weighted by molar-refractivity contribution is 5.77. The number of quaternary nitrogens is 1. The minimum absolute atomic E-state index is 0.155. The van der Waals surface area contributed by atoms with Gasteiger partial charge in [0.1, 0.15) is 6.04 Å². The number of nitrogens with two attached hydrogens (primary N) is 2. The monoisotopic (exact) mass is 229 g/mol. The number of carbonyl (C=O) groups excluding carboxylic acids is 1. The van der Waals surface area contributed by atoms with Crippen LogP contribution in [0.4, 0.5) is 8.78 Å². The largest absolute Gasteiger partial charge is 0.365 e. The summed E-state index contributed by atoms with van der Waals surface area (Å²) in [6, 6.07) is 3.14. The van der Waals surface area contributed by atoms with E-state index in [1.807, 2.05) is 0 Å². The molecule has 1 aromatic rings. The van der Waals surface area contributed by atoms with Gasteiger partial charge in [0.05, 0.1) is 0 Å². The van der Waals surface area contributed by atoms with Crippen LogP contribution in [0, 0.1) is 11.6 Å². The van der Waals surface area contributed by atoms with E-state index in [2.05, 4.69) is 0 Å². The number of hydrogen-bond donors (Lipinski definition) is 2. The lowest BCUT2D eigenvalue weighted by Gasteiger charge is -2.14. The van der Waals surface area contributed by atoms with E-state index in [1.54, 1.807) is 19.2 Å². The van der Waals surface area contributed by atoms with Gasteiger partial charge in [-0.3, -0.25) is 4.79 Å². The molecule has 0 aliphatic rings. The van der Waals surface area contributed by atoms with Crippen LogP contribution in [-0.4, -0.2) is 11.9 Å². The van der Waals surface area contributed by atoms with Gasteiger partial charge < -0.3 is 11.1 Å². The number of benzene rings is 1. The zero-order valence-electron chi connectivity index (χ0n) is 9.21. The number of hydrogen-bond acceptors (Lipinski definition) is 1. The molecule has 0 unspecified atom stereocenters. The molecule has 2 atom stereocenters. The maximum atomic E-state index is 13.0. The van der Waals surface area contributed by atoms with E-state index >= 15 is 0 Å². The Morgan fingerprint density at radius 2 is 1.94 bits per heavy atom. The standard InChI is InChI=1S/C11H14F2N2O/c1-6(15-7(2)11(14)16)8-3-4-9(12)10(13)5-8/h3-7,15H,1-2H3,(H2,14,16)/p+1/t6-,7-/m1/s1. The Labute approximate surface area is 92.6 Å². The number of primary amides is 1. The quantitative estimate of drug-likeness (QED) is 0.774. The fourth-order valence-corrected chi connectivity index (χ4v) is 1.43. The first-order chi connectivity index (χ1) is 7.41. The van der Waals surface area contributed by atoms with Crippen LogP contribution in [0.3, 0.4) is 0 Å². The van der Waals surface area contributed by atoms with Gasteiger partial charge in [-0.25, -0.2) is 8.78 Å². The van der Waals surface area contributed by atoms with Gasteiger partial charge in [0.2, 0.25) is 0 Å². The second-order valence-electron chi connectivity index (χ2n) is 3.85. The summed E-state index contributed by atoms with van der Waals surface area (Å²) in [6.07, 6.45) is 0. The lowest BCUT2D eigenvalue weighted by molar-refractivity contribution is -0.710. The predicted molar refractivity (Wildman–Crippen MR) is 55.4 cm³/mol. The van der Waals surface area contributed by atoms with Crippen molar-refractivity contribution < 1.29 is 18.9 Å². The molecule has 0 radical (unpaired) electrons. The number of carbonyl (C=O) groups is 1. The van der Waals surface area contributed by atoms with E-state index in [-0.39, 0.29) is 6.04 Å². The molecule has 4 N–H and O–H groups in total. The average molecular weight is 229 g/mol. The van der Waals surface area contributed by atoms with E-state index in [9.17, 15) is 13.6 Å². The number of halogens is 2. The number of rotatable bonds is 4. The lowest BCUT2D eigenvalue weighted by atomic mass is 10.1. The third-order valence-corrected chi connectivity index (χ3v) is 2.50. The van der Waals surface area contributed by atoms with Gasteiger partial charge in [-0.1, -0.05) is 0 Å². The van der Waals surface area contributed by atoms with Crippen molar-refractivity contribution in [1.82, 2.24) is 0 Å². The van der Waals surface area contributed by atoms with Crippen LogP contribution < -0.4 is 11.1 Å². The molecule has 88 valence electrons. The Morgan fingerprint density at radius 1 is 1.31 bits per heavy atom. The highest BCUT2D eigenvalue weighted by Crippen LogP contribution is 2.13. The smallest absolute Gasteiger partial charge is 0.275 e. The van der Waals surface area contributed by atoms with Crippen LogP contribution in [0.1, 0.15) is 25.5 Å². The van der Waals surface area contributed by atoms with Gasteiger partial charge in [0.15, 0.2) is 17.7 Å². The molecule has 1 rings (SSSR count). The van der Waals surface area contributed by atoms with Gasteiger partial charge in [-0.05, 0) is 32.0 Å². The number of amides is 1. The molecule has 0 aromatic heterocycles. The Morgan fingerprint density at radius 3 is 2.44 bits per heavy atom. The van der Waals surface area contributed by atoms with Crippen molar-refractivity contribution in [3.8, 4) is 0 Å². The third-order valence-electron chi connectivity index (χ3n) is 2.50. The molecule has 0 aliphatic carbocycles. The van der Waals surface area contributed by atoms with E-state index in [1.165, 1.54) is 6.07 Å². The summed E-state index contributed by atoms with van der Waals surface area (Å²) in [7, 11) is 0. The Kier molecular flexibility index (Phi) is 3.95. The van der Waals surface area contributed by atoms with Crippen LogP contribution in [0.25, 0.3) is 0 Å². The minimum Gasteiger partial charge on any atom is -0.365 e. The molecular weight excluding hydrogens is 214 g/mol. The van der Waals surface area contributed by atoms with Crippen molar-refractivity contribution in [1.29, 1.82) is 0 Å². The maximum absolute atomic E-state index is 13.0. The molecule has 16 heavy (non-hydrogen) atoms. The zero-order valence-corrected chi connectivity index (χ0v) is 9.21. The fraction of sp³-hybridized carbons (Fsp3) is 0.364. The van der Waals surface area contributed by atoms with E-state index in [0.717, 1.165) is 12.1 Å². The summed E-state index contributed by atoms with van der Waals surface area (Å²) in [5.74, 6) is -2.20. The summed E-state index contributed by atoms with van der Waals surface area (Å²) < 4.78 is 25.6. The molecule has 0 heterocycles. The summed E-state index contributed by atoms with van der Waals surface area (Å²) in [6.45, 7) is 3.46. The van der Waals surface area contributed by atoms with Gasteiger partial charge in [0.25, 0.3) is 5.91 Å².